The van der Waals surface area contributed by atoms with E-state index in [1.165, 1.54) is 12.1 Å². The maximum absolute atomic E-state index is 11.3. The van der Waals surface area contributed by atoms with Gasteiger partial charge in [0.05, 0.1) is 6.07 Å². The summed E-state index contributed by atoms with van der Waals surface area (Å²) < 4.78 is 4.79. The van der Waals surface area contributed by atoms with Gasteiger partial charge in [-0.25, -0.2) is 4.79 Å². The molecule has 8 nitrogen and oxygen atoms in total. The van der Waals surface area contributed by atoms with E-state index in [1.807, 2.05) is 0 Å². The molecule has 20 heavy (non-hydrogen) atoms. The number of benzene rings is 1. The Morgan fingerprint density at radius 3 is 2.70 bits per heavy atom. The van der Waals surface area contributed by atoms with E-state index in [0.717, 1.165) is 6.21 Å². The van der Waals surface area contributed by atoms with E-state index in [-0.39, 0.29) is 5.76 Å². The van der Waals surface area contributed by atoms with Crippen molar-refractivity contribution in [2.45, 2.75) is 0 Å². The first-order chi connectivity index (χ1) is 9.65. The van der Waals surface area contributed by atoms with E-state index >= 15 is 0 Å². The Morgan fingerprint density at radius 2 is 2.05 bits per heavy atom. The smallest absolute Gasteiger partial charge is 0.400 e. The molecule has 1 amide bonds. The molecule has 1 heterocycles. The van der Waals surface area contributed by atoms with Gasteiger partial charge in [0, 0.05) is 5.69 Å². The molecule has 0 saturated heterocycles. The van der Waals surface area contributed by atoms with Crippen LogP contribution in [0, 0.1) is 10.1 Å². The first kappa shape index (κ1) is 13.3. The zero-order valence-electron chi connectivity index (χ0n) is 10.1. The number of hydrogen-bond donors (Lipinski definition) is 1. The molecule has 0 atom stereocenters. The summed E-state index contributed by atoms with van der Waals surface area (Å²) in [6.07, 6.45) is 0.269. The molecule has 0 aliphatic rings. The van der Waals surface area contributed by atoms with Crippen LogP contribution in [0.15, 0.2) is 52.0 Å². The van der Waals surface area contributed by atoms with Crippen molar-refractivity contribution >= 4 is 23.9 Å². The number of carbonyl (C=O) groups excluding carboxylic acids is 1. The molecule has 0 aliphatic carbocycles. The third-order valence-corrected chi connectivity index (χ3v) is 2.13. The van der Waals surface area contributed by atoms with Crippen LogP contribution in [0.25, 0.3) is 0 Å². The monoisotopic (exact) mass is 275 g/mol. The molecule has 0 fully saturated rings. The Hall–Kier alpha value is -3.16. The van der Waals surface area contributed by atoms with Gasteiger partial charge in [-0.05, 0) is 18.2 Å². The largest absolute Gasteiger partial charge is 0.437 e. The highest BCUT2D eigenvalue weighted by molar-refractivity contribution is 5.85. The van der Waals surface area contributed by atoms with Crippen LogP contribution >= 0.6 is 0 Å². The number of nitrogens with one attached hydrogen (secondary N) is 1. The van der Waals surface area contributed by atoms with E-state index < -0.39 is 16.9 Å². The predicted molar refractivity (Wildman–Crippen MR) is 69.5 cm³/mol. The molecule has 0 saturated carbocycles. The van der Waals surface area contributed by atoms with Crippen molar-refractivity contribution in [1.82, 2.24) is 0 Å². The molecule has 0 unspecified atom stereocenters. The van der Waals surface area contributed by atoms with Crippen LogP contribution in [0.4, 0.5) is 16.4 Å². The summed E-state index contributed by atoms with van der Waals surface area (Å²) in [7, 11) is 0. The second kappa shape index (κ2) is 6.14. The van der Waals surface area contributed by atoms with Gasteiger partial charge in [-0.15, -0.1) is 0 Å². The van der Waals surface area contributed by atoms with Crippen molar-refractivity contribution < 1.29 is 19.0 Å². The van der Waals surface area contributed by atoms with E-state index in [4.69, 9.17) is 4.42 Å². The Morgan fingerprint density at radius 1 is 1.30 bits per heavy atom. The number of hydrogen-bond acceptors (Lipinski definition) is 6. The molecule has 0 radical (unpaired) electrons. The normalized spacial score (nSPS) is 10.4. The summed E-state index contributed by atoms with van der Waals surface area (Å²) >= 11 is 0. The first-order valence-electron chi connectivity index (χ1n) is 5.46. The van der Waals surface area contributed by atoms with E-state index in [0.29, 0.717) is 5.69 Å². The van der Waals surface area contributed by atoms with Crippen molar-refractivity contribution in [2.24, 2.45) is 5.16 Å². The molecular formula is C12H9N3O5. The van der Waals surface area contributed by atoms with Gasteiger partial charge < -0.3 is 4.42 Å². The Kier molecular flexibility index (Phi) is 4.07. The van der Waals surface area contributed by atoms with Gasteiger partial charge in [-0.1, -0.05) is 23.4 Å². The van der Waals surface area contributed by atoms with Crippen LogP contribution in [0.3, 0.4) is 0 Å². The van der Waals surface area contributed by atoms with Crippen LogP contribution in [0.2, 0.25) is 0 Å². The molecule has 8 heteroatoms. The van der Waals surface area contributed by atoms with E-state index in [2.05, 4.69) is 15.3 Å². The van der Waals surface area contributed by atoms with Crippen molar-refractivity contribution in [1.29, 1.82) is 0 Å². The molecule has 102 valence electrons. The summed E-state index contributed by atoms with van der Waals surface area (Å²) in [5, 5.41) is 16.2. The number of oxime groups is 1. The quantitative estimate of drug-likeness (QED) is 0.399. The fourth-order valence-electron chi connectivity index (χ4n) is 1.30. The number of rotatable bonds is 4. The summed E-state index contributed by atoms with van der Waals surface area (Å²) in [6.45, 7) is 0. The molecule has 2 rings (SSSR count). The third-order valence-electron chi connectivity index (χ3n) is 2.13. The third kappa shape index (κ3) is 3.67. The maximum Gasteiger partial charge on any atom is 0.437 e. The summed E-state index contributed by atoms with van der Waals surface area (Å²) in [6, 6.07) is 11.2. The molecule has 0 aliphatic heterocycles. The number of amides is 1. The SMILES string of the molecule is O=C(Nc1ccccc1)O/N=C\c1ccc([N+](=O)[O-])o1. The topological polar surface area (TPSA) is 107 Å². The van der Waals surface area contributed by atoms with Crippen molar-refractivity contribution in [3.05, 3.63) is 58.3 Å². The molecule has 1 aromatic carbocycles. The maximum atomic E-state index is 11.3. The van der Waals surface area contributed by atoms with Crippen molar-refractivity contribution in [3.8, 4) is 0 Å². The van der Waals surface area contributed by atoms with E-state index in [9.17, 15) is 14.9 Å². The highest BCUT2D eigenvalue weighted by Crippen LogP contribution is 2.13. The Bertz CT molecular complexity index is 636. The van der Waals surface area contributed by atoms with Crippen LogP contribution in [-0.2, 0) is 4.84 Å². The zero-order valence-corrected chi connectivity index (χ0v) is 10.1. The average molecular weight is 275 g/mol. The summed E-state index contributed by atoms with van der Waals surface area (Å²) in [4.78, 5) is 25.5. The fraction of sp³-hybridized carbons (Fsp3) is 0. The molecule has 0 spiro atoms. The Labute approximate surface area is 112 Å². The van der Waals surface area contributed by atoms with Crippen LogP contribution in [0.1, 0.15) is 5.76 Å². The number of para-hydroxylation sites is 1. The second-order valence-corrected chi connectivity index (χ2v) is 3.54. The van der Waals surface area contributed by atoms with Gasteiger partial charge in [0.15, 0.2) is 5.76 Å². The zero-order chi connectivity index (χ0) is 14.4. The minimum Gasteiger partial charge on any atom is -0.400 e. The summed E-state index contributed by atoms with van der Waals surface area (Å²) in [5.41, 5.74) is 0.557. The van der Waals surface area contributed by atoms with Crippen LogP contribution in [0.5, 0.6) is 0 Å². The first-order valence-corrected chi connectivity index (χ1v) is 5.46. The average Bonchev–Trinajstić information content (AvgIpc) is 2.89. The lowest BCUT2D eigenvalue weighted by atomic mass is 10.3. The lowest BCUT2D eigenvalue weighted by Crippen LogP contribution is -2.10. The van der Waals surface area contributed by atoms with Gasteiger partial charge >= 0.3 is 12.0 Å². The number of nitro groups is 1. The number of anilines is 1. The van der Waals surface area contributed by atoms with Gasteiger partial charge in [0.1, 0.15) is 11.1 Å². The van der Waals surface area contributed by atoms with Crippen molar-refractivity contribution in [2.75, 3.05) is 5.32 Å². The molecule has 0 bridgehead atoms. The Balaban J connectivity index is 1.86. The molecule has 1 N–H and O–H groups in total. The number of furan rings is 1. The van der Waals surface area contributed by atoms with Crippen LogP contribution in [-0.4, -0.2) is 17.2 Å². The lowest BCUT2D eigenvalue weighted by molar-refractivity contribution is -0.402. The van der Waals surface area contributed by atoms with E-state index in [1.54, 1.807) is 30.3 Å². The predicted octanol–water partition coefficient (Wildman–Crippen LogP) is 2.77. The minimum absolute atomic E-state index is 0.101. The molecule has 2 aromatic rings. The highest BCUT2D eigenvalue weighted by atomic mass is 16.7. The molecule has 1 aromatic heterocycles. The highest BCUT2D eigenvalue weighted by Gasteiger charge is 2.10. The van der Waals surface area contributed by atoms with Crippen LogP contribution < -0.4 is 5.32 Å². The standard InChI is InChI=1S/C12H9N3O5/c16-12(14-9-4-2-1-3-5-9)20-13-8-10-6-7-11(19-10)15(17)18/h1-8H,(H,14,16)/b13-8-. The number of nitrogens with zero attached hydrogens (tertiary/aromatic N) is 2. The lowest BCUT2D eigenvalue weighted by Gasteiger charge is -2.00. The van der Waals surface area contributed by atoms with Gasteiger partial charge in [0.25, 0.3) is 0 Å². The molecular weight excluding hydrogens is 266 g/mol. The minimum atomic E-state index is -0.784. The number of carbonyl (C=O) groups is 1. The summed E-state index contributed by atoms with van der Waals surface area (Å²) in [5.74, 6) is -0.315. The van der Waals surface area contributed by atoms with Gasteiger partial charge in [0.2, 0.25) is 0 Å². The fourth-order valence-corrected chi connectivity index (χ4v) is 1.30. The van der Waals surface area contributed by atoms with Crippen molar-refractivity contribution in [3.63, 3.8) is 0 Å². The van der Waals surface area contributed by atoms with Gasteiger partial charge in [-0.3, -0.25) is 20.3 Å². The van der Waals surface area contributed by atoms with Gasteiger partial charge in [-0.2, -0.15) is 0 Å². The second-order valence-electron chi connectivity index (χ2n) is 3.54.